The molecule has 2 atom stereocenters. The van der Waals surface area contributed by atoms with Gasteiger partial charge in [0.05, 0.1) is 23.0 Å². The monoisotopic (exact) mass is 488 g/mol. The number of benzene rings is 2. The average Bonchev–Trinajstić information content (AvgIpc) is 2.73. The van der Waals surface area contributed by atoms with Crippen molar-refractivity contribution in [1.29, 1.82) is 10.5 Å². The molecule has 0 heterocycles. The number of halogens is 6. The van der Waals surface area contributed by atoms with E-state index in [0.717, 1.165) is 36.4 Å². The van der Waals surface area contributed by atoms with Gasteiger partial charge in [-0.05, 0) is 46.8 Å². The van der Waals surface area contributed by atoms with E-state index in [4.69, 9.17) is 10.5 Å². The fourth-order valence-corrected chi connectivity index (χ4v) is 4.23. The highest BCUT2D eigenvalue weighted by molar-refractivity contribution is 8.04. The summed E-state index contributed by atoms with van der Waals surface area (Å²) in [6, 6.07) is 8.10. The maximum Gasteiger partial charge on any atom is 0.416 e. The van der Waals surface area contributed by atoms with Crippen molar-refractivity contribution in [2.24, 2.45) is 0 Å². The van der Waals surface area contributed by atoms with Crippen LogP contribution in [0, 0.1) is 21.3 Å². The predicted octanol–water partition coefficient (Wildman–Crippen LogP) is 6.59. The molecule has 0 saturated heterocycles. The molecule has 0 N–H and O–H groups in total. The molecule has 0 radical (unpaired) electrons. The predicted molar refractivity (Wildman–Crippen MR) is 110 cm³/mol. The van der Waals surface area contributed by atoms with Gasteiger partial charge in [0, 0.05) is 11.5 Å². The van der Waals surface area contributed by atoms with Gasteiger partial charge in [-0.3, -0.25) is 4.79 Å². The first kappa shape index (κ1) is 25.6. The fraction of sp³-hybridized carbons (Fsp3) is 0.286. The van der Waals surface area contributed by atoms with Crippen molar-refractivity contribution in [3.8, 4) is 10.8 Å². The molecular weight excluding hydrogens is 474 g/mol. The Kier molecular flexibility index (Phi) is 8.65. The molecule has 2 rings (SSSR count). The van der Waals surface area contributed by atoms with Crippen LogP contribution in [0.5, 0.6) is 0 Å². The maximum atomic E-state index is 13.4. The van der Waals surface area contributed by atoms with Crippen LogP contribution in [0.1, 0.15) is 34.1 Å². The van der Waals surface area contributed by atoms with E-state index in [1.54, 1.807) is 10.8 Å². The molecule has 0 fully saturated rings. The Balaban J connectivity index is 2.53. The SMILES string of the molecule is N#CSCC(C(=O)C(CSC#N)c1cccc(C(F)(F)F)c1)c1cccc(C(F)(F)F)c1. The number of carbonyl (C=O) groups is 1. The Morgan fingerprint density at radius 1 is 0.781 bits per heavy atom. The summed E-state index contributed by atoms with van der Waals surface area (Å²) in [5.41, 5.74) is -1.99. The zero-order valence-corrected chi connectivity index (χ0v) is 17.7. The smallest absolute Gasteiger partial charge is 0.298 e. The highest BCUT2D eigenvalue weighted by Gasteiger charge is 2.35. The van der Waals surface area contributed by atoms with Gasteiger partial charge in [0.2, 0.25) is 0 Å². The zero-order valence-electron chi connectivity index (χ0n) is 16.1. The van der Waals surface area contributed by atoms with Crippen LogP contribution in [0.2, 0.25) is 0 Å². The number of nitriles is 2. The van der Waals surface area contributed by atoms with Crippen molar-refractivity contribution in [3.05, 3.63) is 70.8 Å². The van der Waals surface area contributed by atoms with Crippen molar-refractivity contribution < 1.29 is 31.1 Å². The molecule has 0 bridgehead atoms. The summed E-state index contributed by atoms with van der Waals surface area (Å²) in [6.07, 6.45) is -9.33. The Morgan fingerprint density at radius 3 is 1.47 bits per heavy atom. The first-order valence-electron chi connectivity index (χ1n) is 8.88. The molecule has 168 valence electrons. The quantitative estimate of drug-likeness (QED) is 0.310. The Bertz CT molecular complexity index is 959. The lowest BCUT2D eigenvalue weighted by molar-refractivity contribution is -0.138. The lowest BCUT2D eigenvalue weighted by Crippen LogP contribution is -2.25. The lowest BCUT2D eigenvalue weighted by atomic mass is 9.84. The van der Waals surface area contributed by atoms with E-state index in [0.29, 0.717) is 23.5 Å². The summed E-state index contributed by atoms with van der Waals surface area (Å²) in [5.74, 6) is -3.44. The zero-order chi connectivity index (χ0) is 23.9. The van der Waals surface area contributed by atoms with E-state index in [2.05, 4.69) is 0 Å². The van der Waals surface area contributed by atoms with Crippen molar-refractivity contribution in [3.63, 3.8) is 0 Å². The molecule has 0 aliphatic rings. The minimum atomic E-state index is -4.66. The summed E-state index contributed by atoms with van der Waals surface area (Å²) in [5, 5.41) is 21.3. The molecule has 0 amide bonds. The molecule has 0 aliphatic heterocycles. The molecule has 0 spiro atoms. The largest absolute Gasteiger partial charge is 0.416 e. The molecule has 2 unspecified atom stereocenters. The number of Topliss-reactive ketones (excluding diaryl/α,β-unsaturated/α-hetero) is 1. The van der Waals surface area contributed by atoms with Gasteiger partial charge in [0.15, 0.2) is 0 Å². The second kappa shape index (κ2) is 10.8. The fourth-order valence-electron chi connectivity index (χ4n) is 3.03. The highest BCUT2D eigenvalue weighted by Crippen LogP contribution is 2.37. The Hall–Kier alpha value is -2.63. The number of ketones is 1. The molecule has 3 nitrogen and oxygen atoms in total. The topological polar surface area (TPSA) is 64.7 Å². The summed E-state index contributed by atoms with van der Waals surface area (Å²) >= 11 is 1.30. The molecular formula is C21H14F6N2OS2. The van der Waals surface area contributed by atoms with E-state index in [9.17, 15) is 31.1 Å². The second-order valence-electron chi connectivity index (χ2n) is 6.56. The van der Waals surface area contributed by atoms with Gasteiger partial charge in [0.1, 0.15) is 16.6 Å². The summed E-state index contributed by atoms with van der Waals surface area (Å²) in [6.45, 7) is 0. The first-order chi connectivity index (χ1) is 15.0. The third-order valence-corrected chi connectivity index (χ3v) is 5.81. The van der Waals surface area contributed by atoms with Crippen LogP contribution in [0.4, 0.5) is 26.3 Å². The van der Waals surface area contributed by atoms with E-state index >= 15 is 0 Å². The van der Waals surface area contributed by atoms with Gasteiger partial charge < -0.3 is 0 Å². The number of thioether (sulfide) groups is 2. The van der Waals surface area contributed by atoms with Gasteiger partial charge in [-0.1, -0.05) is 36.4 Å². The lowest BCUT2D eigenvalue weighted by Gasteiger charge is -2.23. The van der Waals surface area contributed by atoms with E-state index < -0.39 is 41.1 Å². The van der Waals surface area contributed by atoms with Crippen LogP contribution in [-0.4, -0.2) is 17.3 Å². The van der Waals surface area contributed by atoms with Crippen molar-refractivity contribution in [2.45, 2.75) is 24.2 Å². The molecule has 2 aromatic rings. The number of thiocyanates is 2. The normalized spacial score (nSPS) is 13.6. The molecule has 0 aliphatic carbocycles. The second-order valence-corrected chi connectivity index (χ2v) is 8.17. The van der Waals surface area contributed by atoms with Crippen molar-refractivity contribution in [1.82, 2.24) is 0 Å². The third kappa shape index (κ3) is 6.68. The molecule has 2 aromatic carbocycles. The van der Waals surface area contributed by atoms with Crippen molar-refractivity contribution >= 4 is 29.3 Å². The van der Waals surface area contributed by atoms with Gasteiger partial charge in [-0.25, -0.2) is 0 Å². The number of nitrogens with zero attached hydrogens (tertiary/aromatic N) is 2. The minimum absolute atomic E-state index is 0.00786. The van der Waals surface area contributed by atoms with Crippen LogP contribution in [0.15, 0.2) is 48.5 Å². The van der Waals surface area contributed by atoms with Gasteiger partial charge >= 0.3 is 12.4 Å². The van der Waals surface area contributed by atoms with E-state index in [1.807, 2.05) is 0 Å². The maximum absolute atomic E-state index is 13.4. The van der Waals surface area contributed by atoms with Gasteiger partial charge in [-0.15, -0.1) is 0 Å². The minimum Gasteiger partial charge on any atom is -0.298 e. The number of carbonyl (C=O) groups excluding carboxylic acids is 1. The van der Waals surface area contributed by atoms with Gasteiger partial charge in [0.25, 0.3) is 0 Å². The third-order valence-electron chi connectivity index (χ3n) is 4.55. The molecule has 32 heavy (non-hydrogen) atoms. The van der Waals surface area contributed by atoms with Crippen LogP contribution in [0.25, 0.3) is 0 Å². The van der Waals surface area contributed by atoms with Crippen LogP contribution in [0.3, 0.4) is 0 Å². The summed E-state index contributed by atoms with van der Waals surface area (Å²) in [7, 11) is 0. The average molecular weight is 488 g/mol. The van der Waals surface area contributed by atoms with E-state index in [1.165, 1.54) is 12.1 Å². The number of hydrogen-bond acceptors (Lipinski definition) is 5. The van der Waals surface area contributed by atoms with Crippen molar-refractivity contribution in [2.75, 3.05) is 11.5 Å². The molecule has 0 saturated carbocycles. The van der Waals surface area contributed by atoms with Crippen LogP contribution in [-0.2, 0) is 17.1 Å². The highest BCUT2D eigenvalue weighted by atomic mass is 32.2. The van der Waals surface area contributed by atoms with Crippen LogP contribution >= 0.6 is 23.5 Å². The Labute approximate surface area is 188 Å². The number of alkyl halides is 6. The number of hydrogen-bond donors (Lipinski definition) is 0. The summed E-state index contributed by atoms with van der Waals surface area (Å²) < 4.78 is 78.9. The molecule has 0 aromatic heterocycles. The summed E-state index contributed by atoms with van der Waals surface area (Å²) in [4.78, 5) is 13.4. The standard InChI is InChI=1S/C21H14F6N2OS2/c22-20(23,24)15-5-1-3-13(7-15)17(9-31-11-28)19(30)18(10-32-12-29)14-4-2-6-16(8-14)21(25,26)27/h1-8,17-18H,9-10H2. The number of rotatable bonds is 8. The van der Waals surface area contributed by atoms with E-state index in [-0.39, 0.29) is 22.6 Å². The first-order valence-corrected chi connectivity index (χ1v) is 10.9. The molecule has 11 heteroatoms. The Morgan fingerprint density at radius 2 is 1.16 bits per heavy atom. The van der Waals surface area contributed by atoms with Gasteiger partial charge in [-0.2, -0.15) is 36.9 Å². The van der Waals surface area contributed by atoms with Crippen LogP contribution < -0.4 is 0 Å².